The number of aromatic nitrogens is 2. The molecule has 1 aliphatic heterocycles. The third-order valence-electron chi connectivity index (χ3n) is 3.76. The minimum Gasteiger partial charge on any atom is -0.460 e. The monoisotopic (exact) mass is 352 g/mol. The minimum absolute atomic E-state index is 0.237. The molecular formula is C18H16N4O2S. The number of benzene rings is 1. The molecule has 0 fully saturated rings. The number of para-hydroxylation sites is 1. The van der Waals surface area contributed by atoms with Crippen molar-refractivity contribution in [3.8, 4) is 17.1 Å². The van der Waals surface area contributed by atoms with Crippen LogP contribution in [0.1, 0.15) is 16.1 Å². The molecule has 25 heavy (non-hydrogen) atoms. The van der Waals surface area contributed by atoms with Crippen LogP contribution in [0.4, 0.5) is 0 Å². The lowest BCUT2D eigenvalue weighted by atomic mass is 10.2. The number of amidine groups is 1. The highest BCUT2D eigenvalue weighted by Gasteiger charge is 2.22. The zero-order valence-corrected chi connectivity index (χ0v) is 14.4. The van der Waals surface area contributed by atoms with Gasteiger partial charge >= 0.3 is 0 Å². The first-order valence-corrected chi connectivity index (χ1v) is 8.90. The van der Waals surface area contributed by atoms with Crippen molar-refractivity contribution in [2.24, 2.45) is 4.99 Å². The predicted octanol–water partition coefficient (Wildman–Crippen LogP) is 3.27. The standard InChI is InChI=1S/C18H16N4O2S/c1-12-7-8-15(24-12)16-14(17(23)20-18-19-9-10-25-18)11-22(21-16)13-5-3-2-4-6-13/h2-8,11H,9-10H2,1H3,(H,19,20,23). The van der Waals surface area contributed by atoms with E-state index in [0.717, 1.165) is 23.7 Å². The topological polar surface area (TPSA) is 72.4 Å². The van der Waals surface area contributed by atoms with E-state index in [0.29, 0.717) is 22.2 Å². The molecule has 0 atom stereocenters. The van der Waals surface area contributed by atoms with Crippen LogP contribution in [-0.2, 0) is 0 Å². The van der Waals surface area contributed by atoms with Crippen LogP contribution >= 0.6 is 11.8 Å². The number of amides is 1. The summed E-state index contributed by atoms with van der Waals surface area (Å²) < 4.78 is 7.37. The van der Waals surface area contributed by atoms with E-state index in [-0.39, 0.29) is 5.91 Å². The van der Waals surface area contributed by atoms with Crippen molar-refractivity contribution < 1.29 is 9.21 Å². The molecule has 7 heteroatoms. The fourth-order valence-electron chi connectivity index (χ4n) is 2.57. The number of carbonyl (C=O) groups excluding carboxylic acids is 1. The molecule has 0 radical (unpaired) electrons. The Bertz CT molecular complexity index is 943. The zero-order chi connectivity index (χ0) is 17.2. The molecule has 1 aliphatic rings. The number of nitrogens with zero attached hydrogens (tertiary/aromatic N) is 3. The van der Waals surface area contributed by atoms with E-state index in [9.17, 15) is 4.79 Å². The minimum atomic E-state index is -0.237. The van der Waals surface area contributed by atoms with Gasteiger partial charge < -0.3 is 9.73 Å². The van der Waals surface area contributed by atoms with Crippen LogP contribution in [0, 0.1) is 6.92 Å². The SMILES string of the molecule is Cc1ccc(-c2nn(-c3ccccc3)cc2C(=O)NC2=NCCS2)o1. The van der Waals surface area contributed by atoms with E-state index < -0.39 is 0 Å². The number of carbonyl (C=O) groups is 1. The van der Waals surface area contributed by atoms with E-state index in [2.05, 4.69) is 15.4 Å². The van der Waals surface area contributed by atoms with Gasteiger partial charge in [0.15, 0.2) is 10.9 Å². The number of aliphatic imine (C=N–C) groups is 1. The number of aryl methyl sites for hydroxylation is 1. The molecule has 0 saturated carbocycles. The average Bonchev–Trinajstić information content (AvgIpc) is 3.35. The van der Waals surface area contributed by atoms with Crippen molar-refractivity contribution in [3.63, 3.8) is 0 Å². The highest BCUT2D eigenvalue weighted by molar-refractivity contribution is 8.14. The molecule has 0 aliphatic carbocycles. The van der Waals surface area contributed by atoms with Crippen molar-refractivity contribution in [2.45, 2.75) is 6.92 Å². The Hall–Kier alpha value is -2.80. The maximum Gasteiger partial charge on any atom is 0.261 e. The highest BCUT2D eigenvalue weighted by Crippen LogP contribution is 2.26. The third-order valence-corrected chi connectivity index (χ3v) is 4.65. The van der Waals surface area contributed by atoms with Crippen molar-refractivity contribution in [2.75, 3.05) is 12.3 Å². The summed E-state index contributed by atoms with van der Waals surface area (Å²) in [5, 5.41) is 8.08. The molecule has 1 aromatic carbocycles. The molecule has 0 saturated heterocycles. The second-order valence-corrected chi connectivity index (χ2v) is 6.65. The van der Waals surface area contributed by atoms with Gasteiger partial charge in [0, 0.05) is 11.9 Å². The summed E-state index contributed by atoms with van der Waals surface area (Å²) in [4.78, 5) is 17.0. The number of nitrogens with one attached hydrogen (secondary N) is 1. The molecule has 1 N–H and O–H groups in total. The Morgan fingerprint density at radius 1 is 1.24 bits per heavy atom. The molecule has 0 spiro atoms. The van der Waals surface area contributed by atoms with Gasteiger partial charge in [-0.25, -0.2) is 4.68 Å². The van der Waals surface area contributed by atoms with E-state index in [4.69, 9.17) is 4.42 Å². The quantitative estimate of drug-likeness (QED) is 0.785. The summed E-state index contributed by atoms with van der Waals surface area (Å²) in [6.45, 7) is 2.59. The third kappa shape index (κ3) is 3.23. The van der Waals surface area contributed by atoms with Crippen LogP contribution in [0.15, 0.2) is 58.1 Å². The van der Waals surface area contributed by atoms with Gasteiger partial charge in [-0.05, 0) is 31.2 Å². The summed E-state index contributed by atoms with van der Waals surface area (Å²) in [5.74, 6) is 1.99. The number of hydrogen-bond acceptors (Lipinski definition) is 5. The van der Waals surface area contributed by atoms with Crippen molar-refractivity contribution in [1.29, 1.82) is 0 Å². The lowest BCUT2D eigenvalue weighted by molar-refractivity contribution is 0.0978. The summed E-state index contributed by atoms with van der Waals surface area (Å²) in [5.41, 5.74) is 1.84. The van der Waals surface area contributed by atoms with E-state index in [1.165, 1.54) is 0 Å². The average molecular weight is 352 g/mol. The zero-order valence-electron chi connectivity index (χ0n) is 13.6. The van der Waals surface area contributed by atoms with Gasteiger partial charge in [-0.1, -0.05) is 30.0 Å². The van der Waals surface area contributed by atoms with E-state index in [1.807, 2.05) is 49.4 Å². The highest BCUT2D eigenvalue weighted by atomic mass is 32.2. The first-order chi connectivity index (χ1) is 12.2. The second-order valence-electron chi connectivity index (χ2n) is 5.57. The first kappa shape index (κ1) is 15.7. The molecule has 3 aromatic rings. The normalized spacial score (nSPS) is 13.7. The summed E-state index contributed by atoms with van der Waals surface area (Å²) in [6.07, 6.45) is 1.72. The molecular weight excluding hydrogens is 336 g/mol. The molecule has 126 valence electrons. The van der Waals surface area contributed by atoms with Crippen LogP contribution in [0.2, 0.25) is 0 Å². The molecule has 0 bridgehead atoms. The van der Waals surface area contributed by atoms with Gasteiger partial charge in [-0.2, -0.15) is 5.10 Å². The Labute approximate surface area is 148 Å². The summed E-state index contributed by atoms with van der Waals surface area (Å²) >= 11 is 1.54. The first-order valence-electron chi connectivity index (χ1n) is 7.91. The Balaban J connectivity index is 1.75. The second kappa shape index (κ2) is 6.60. The van der Waals surface area contributed by atoms with Crippen LogP contribution in [0.5, 0.6) is 0 Å². The Kier molecular flexibility index (Phi) is 4.15. The fraction of sp³-hybridized carbons (Fsp3) is 0.167. The maximum absolute atomic E-state index is 12.7. The van der Waals surface area contributed by atoms with Gasteiger partial charge in [-0.15, -0.1) is 0 Å². The lowest BCUT2D eigenvalue weighted by Gasteiger charge is -2.02. The van der Waals surface area contributed by atoms with Crippen molar-refractivity contribution >= 4 is 22.8 Å². The number of furan rings is 1. The van der Waals surface area contributed by atoms with Crippen molar-refractivity contribution in [3.05, 3.63) is 60.0 Å². The van der Waals surface area contributed by atoms with Gasteiger partial charge in [0.2, 0.25) is 0 Å². The summed E-state index contributed by atoms with van der Waals surface area (Å²) in [6, 6.07) is 13.3. The van der Waals surface area contributed by atoms with Gasteiger partial charge in [-0.3, -0.25) is 9.79 Å². The molecule has 0 unspecified atom stereocenters. The van der Waals surface area contributed by atoms with Crippen LogP contribution in [0.25, 0.3) is 17.1 Å². The Morgan fingerprint density at radius 2 is 2.08 bits per heavy atom. The number of rotatable bonds is 3. The predicted molar refractivity (Wildman–Crippen MR) is 98.2 cm³/mol. The van der Waals surface area contributed by atoms with Crippen LogP contribution < -0.4 is 5.32 Å². The smallest absolute Gasteiger partial charge is 0.261 e. The molecule has 3 heterocycles. The molecule has 1 amide bonds. The van der Waals surface area contributed by atoms with Crippen LogP contribution in [0.3, 0.4) is 0 Å². The summed E-state index contributed by atoms with van der Waals surface area (Å²) in [7, 11) is 0. The number of hydrogen-bond donors (Lipinski definition) is 1. The fourth-order valence-corrected chi connectivity index (χ4v) is 3.30. The maximum atomic E-state index is 12.7. The van der Waals surface area contributed by atoms with E-state index in [1.54, 1.807) is 22.6 Å². The van der Waals surface area contributed by atoms with Crippen LogP contribution in [-0.4, -0.2) is 33.2 Å². The van der Waals surface area contributed by atoms with Gasteiger partial charge in [0.1, 0.15) is 11.5 Å². The number of thioether (sulfide) groups is 1. The molecule has 6 nitrogen and oxygen atoms in total. The largest absolute Gasteiger partial charge is 0.460 e. The van der Waals surface area contributed by atoms with Crippen molar-refractivity contribution in [1.82, 2.24) is 15.1 Å². The van der Waals surface area contributed by atoms with Gasteiger partial charge in [0.05, 0.1) is 17.8 Å². The van der Waals surface area contributed by atoms with Gasteiger partial charge in [0.25, 0.3) is 5.91 Å². The molecule has 4 rings (SSSR count). The Morgan fingerprint density at radius 3 is 2.76 bits per heavy atom. The van der Waals surface area contributed by atoms with E-state index >= 15 is 0 Å². The molecule has 2 aromatic heterocycles. The lowest BCUT2D eigenvalue weighted by Crippen LogP contribution is -2.27.